The number of unbranched alkanes of at least 4 members (excludes halogenated alkanes) is 3. The maximum absolute atomic E-state index is 11.5. The van der Waals surface area contributed by atoms with Gasteiger partial charge in [0, 0.05) is 12.0 Å². The zero-order valence-electron chi connectivity index (χ0n) is 14.7. The van der Waals surface area contributed by atoms with Crippen molar-refractivity contribution in [2.45, 2.75) is 65.0 Å². The van der Waals surface area contributed by atoms with Crippen LogP contribution in [0.1, 0.15) is 57.6 Å². The summed E-state index contributed by atoms with van der Waals surface area (Å²) in [6.45, 7) is 7.04. The number of amides is 1. The predicted octanol–water partition coefficient (Wildman–Crippen LogP) is 5.04. The topological polar surface area (TPSA) is 59.0 Å². The molecule has 5 nitrogen and oxygen atoms in total. The van der Waals surface area contributed by atoms with Gasteiger partial charge < -0.3 is 9.84 Å². The summed E-state index contributed by atoms with van der Waals surface area (Å²) in [5.74, 6) is 0.817. The van der Waals surface area contributed by atoms with Gasteiger partial charge in [-0.25, -0.2) is 9.10 Å². The molecule has 0 radical (unpaired) electrons. The van der Waals surface area contributed by atoms with Crippen LogP contribution < -0.4 is 4.74 Å². The molecule has 1 aromatic rings. The molecule has 0 aliphatic carbocycles. The minimum absolute atomic E-state index is 0.241. The van der Waals surface area contributed by atoms with E-state index in [0.29, 0.717) is 6.61 Å². The Hall–Kier alpha value is -1.40. The standard InChI is InChI=1S/C18H27NO4S/c1-4-5-6-7-11-22-24-19(17(20)21)13-15-10-8-9-14-12-18(2,3)23-16(14)15/h8-10H,4-7,11-13H2,1-3H3,(H,20,21). The first-order valence-electron chi connectivity index (χ1n) is 8.53. The van der Waals surface area contributed by atoms with E-state index in [1.54, 1.807) is 0 Å². The quantitative estimate of drug-likeness (QED) is 0.383. The van der Waals surface area contributed by atoms with Gasteiger partial charge in [0.2, 0.25) is 0 Å². The van der Waals surface area contributed by atoms with Gasteiger partial charge in [-0.3, -0.25) is 4.18 Å². The minimum Gasteiger partial charge on any atom is -0.487 e. The van der Waals surface area contributed by atoms with Gasteiger partial charge in [-0.15, -0.1) is 0 Å². The first-order chi connectivity index (χ1) is 11.4. The van der Waals surface area contributed by atoms with Gasteiger partial charge in [-0.2, -0.15) is 0 Å². The molecule has 1 N–H and O–H groups in total. The summed E-state index contributed by atoms with van der Waals surface area (Å²) in [5.41, 5.74) is 1.77. The molecule has 1 aliphatic rings. The molecule has 0 atom stereocenters. The molecule has 0 bridgehead atoms. The Kier molecular flexibility index (Phi) is 6.80. The Morgan fingerprint density at radius 1 is 1.38 bits per heavy atom. The highest BCUT2D eigenvalue weighted by Crippen LogP contribution is 2.38. The summed E-state index contributed by atoms with van der Waals surface area (Å²) in [4.78, 5) is 11.5. The second-order valence-corrected chi connectivity index (χ2v) is 7.55. The summed E-state index contributed by atoms with van der Waals surface area (Å²) < 4.78 is 12.7. The summed E-state index contributed by atoms with van der Waals surface area (Å²) >= 11 is 0.906. The van der Waals surface area contributed by atoms with Crippen LogP contribution in [0.3, 0.4) is 0 Å². The van der Waals surface area contributed by atoms with Crippen LogP contribution in [0.4, 0.5) is 4.79 Å². The highest BCUT2D eigenvalue weighted by atomic mass is 32.2. The molecule has 1 aliphatic heterocycles. The van der Waals surface area contributed by atoms with Gasteiger partial charge in [0.1, 0.15) is 23.6 Å². The van der Waals surface area contributed by atoms with Gasteiger partial charge in [0.05, 0.1) is 13.2 Å². The largest absolute Gasteiger partial charge is 0.487 e. The lowest BCUT2D eigenvalue weighted by Crippen LogP contribution is -2.25. The van der Waals surface area contributed by atoms with Crippen molar-refractivity contribution in [1.29, 1.82) is 0 Å². The molecule has 1 amide bonds. The van der Waals surface area contributed by atoms with Crippen LogP contribution in [0.15, 0.2) is 18.2 Å². The molecule has 0 saturated heterocycles. The fourth-order valence-corrected chi connectivity index (χ4v) is 3.35. The highest BCUT2D eigenvalue weighted by Gasteiger charge is 2.32. The number of hydrogen-bond acceptors (Lipinski definition) is 4. The van der Waals surface area contributed by atoms with E-state index in [9.17, 15) is 9.90 Å². The molecular formula is C18H27NO4S. The molecule has 0 aromatic heterocycles. The van der Waals surface area contributed by atoms with Crippen molar-refractivity contribution >= 4 is 18.3 Å². The SMILES string of the molecule is CCCCCCOSN(Cc1cccc2c1OC(C)(C)C2)C(=O)O. The zero-order valence-corrected chi connectivity index (χ0v) is 15.5. The van der Waals surface area contributed by atoms with E-state index in [-0.39, 0.29) is 12.1 Å². The molecule has 2 rings (SSSR count). The van der Waals surface area contributed by atoms with Crippen LogP contribution >= 0.6 is 12.2 Å². The lowest BCUT2D eigenvalue weighted by molar-refractivity contribution is 0.136. The van der Waals surface area contributed by atoms with Crippen LogP contribution in [-0.4, -0.2) is 27.7 Å². The molecule has 1 aromatic carbocycles. The smallest absolute Gasteiger partial charge is 0.419 e. The zero-order chi connectivity index (χ0) is 17.6. The van der Waals surface area contributed by atoms with Gasteiger partial charge in [0.15, 0.2) is 0 Å². The molecule has 1 heterocycles. The first kappa shape index (κ1) is 18.9. The molecule has 0 spiro atoms. The normalized spacial score (nSPS) is 15.0. The van der Waals surface area contributed by atoms with E-state index >= 15 is 0 Å². The Balaban J connectivity index is 1.92. The fraction of sp³-hybridized carbons (Fsp3) is 0.611. The van der Waals surface area contributed by atoms with Crippen LogP contribution in [-0.2, 0) is 17.1 Å². The Labute approximate surface area is 148 Å². The first-order valence-corrected chi connectivity index (χ1v) is 9.22. The lowest BCUT2D eigenvalue weighted by atomic mass is 10.0. The van der Waals surface area contributed by atoms with Crippen molar-refractivity contribution in [3.63, 3.8) is 0 Å². The molecule has 24 heavy (non-hydrogen) atoms. The number of carboxylic acid groups (broad SMARTS) is 1. The average Bonchev–Trinajstić information content (AvgIpc) is 2.84. The number of rotatable bonds is 9. The van der Waals surface area contributed by atoms with Crippen molar-refractivity contribution in [3.8, 4) is 5.75 Å². The molecular weight excluding hydrogens is 326 g/mol. The Bertz CT molecular complexity index is 562. The second-order valence-electron chi connectivity index (χ2n) is 6.72. The third kappa shape index (κ3) is 5.31. The van der Waals surface area contributed by atoms with Crippen LogP contribution in [0, 0.1) is 0 Å². The van der Waals surface area contributed by atoms with Gasteiger partial charge in [0.25, 0.3) is 0 Å². The molecule has 6 heteroatoms. The third-order valence-electron chi connectivity index (χ3n) is 3.92. The Morgan fingerprint density at radius 2 is 2.17 bits per heavy atom. The summed E-state index contributed by atoms with van der Waals surface area (Å²) in [5, 5.41) is 9.41. The Morgan fingerprint density at radius 3 is 2.88 bits per heavy atom. The van der Waals surface area contributed by atoms with Crippen molar-refractivity contribution < 1.29 is 18.8 Å². The number of para-hydroxylation sites is 1. The lowest BCUT2D eigenvalue weighted by Gasteiger charge is -2.20. The van der Waals surface area contributed by atoms with Gasteiger partial charge in [-0.1, -0.05) is 44.4 Å². The maximum atomic E-state index is 11.5. The van der Waals surface area contributed by atoms with E-state index in [1.165, 1.54) is 17.1 Å². The molecule has 0 fully saturated rings. The van der Waals surface area contributed by atoms with Crippen LogP contribution in [0.5, 0.6) is 5.75 Å². The van der Waals surface area contributed by atoms with Gasteiger partial charge in [-0.05, 0) is 25.8 Å². The van der Waals surface area contributed by atoms with Crippen molar-refractivity contribution in [2.75, 3.05) is 6.61 Å². The van der Waals surface area contributed by atoms with E-state index in [2.05, 4.69) is 6.92 Å². The van der Waals surface area contributed by atoms with Crippen molar-refractivity contribution in [2.24, 2.45) is 0 Å². The molecule has 0 saturated carbocycles. The fourth-order valence-electron chi connectivity index (χ4n) is 2.77. The highest BCUT2D eigenvalue weighted by molar-refractivity contribution is 7.92. The predicted molar refractivity (Wildman–Crippen MR) is 96.1 cm³/mol. The maximum Gasteiger partial charge on any atom is 0.419 e. The average molecular weight is 353 g/mol. The number of hydrogen-bond donors (Lipinski definition) is 1. The number of carbonyl (C=O) groups is 1. The van der Waals surface area contributed by atoms with E-state index in [4.69, 9.17) is 8.92 Å². The van der Waals surface area contributed by atoms with Gasteiger partial charge >= 0.3 is 6.09 Å². The van der Waals surface area contributed by atoms with E-state index in [1.807, 2.05) is 32.0 Å². The van der Waals surface area contributed by atoms with Crippen LogP contribution in [0.25, 0.3) is 0 Å². The number of ether oxygens (including phenoxy) is 1. The third-order valence-corrected chi connectivity index (χ3v) is 4.66. The monoisotopic (exact) mass is 353 g/mol. The van der Waals surface area contributed by atoms with Crippen LogP contribution in [0.2, 0.25) is 0 Å². The number of benzene rings is 1. The summed E-state index contributed by atoms with van der Waals surface area (Å²) in [6, 6.07) is 5.91. The summed E-state index contributed by atoms with van der Waals surface area (Å²) in [7, 11) is 0. The summed E-state index contributed by atoms with van der Waals surface area (Å²) in [6.07, 6.45) is 4.24. The second kappa shape index (κ2) is 8.62. The van der Waals surface area contributed by atoms with Crippen molar-refractivity contribution in [1.82, 2.24) is 4.31 Å². The molecule has 0 unspecified atom stereocenters. The minimum atomic E-state index is -1.01. The van der Waals surface area contributed by atoms with E-state index in [0.717, 1.165) is 48.4 Å². The number of nitrogens with zero attached hydrogens (tertiary/aromatic N) is 1. The molecule has 134 valence electrons. The number of fused-ring (bicyclic) bond motifs is 1. The van der Waals surface area contributed by atoms with Crippen molar-refractivity contribution in [3.05, 3.63) is 29.3 Å². The van der Waals surface area contributed by atoms with E-state index < -0.39 is 6.09 Å².